The normalized spacial score (nSPS) is 18.7. The molecule has 0 aliphatic heterocycles. The zero-order chi connectivity index (χ0) is 21.9. The molecule has 2 saturated carbocycles. The summed E-state index contributed by atoms with van der Waals surface area (Å²) in [6.07, 6.45) is 15.6. The van der Waals surface area contributed by atoms with Gasteiger partial charge in [-0.15, -0.1) is 0 Å². The number of amides is 1. The summed E-state index contributed by atoms with van der Waals surface area (Å²) >= 11 is 5.45. The Kier molecular flexibility index (Phi) is 9.66. The van der Waals surface area contributed by atoms with Crippen molar-refractivity contribution in [3.63, 3.8) is 0 Å². The molecule has 0 bridgehead atoms. The molecule has 1 aromatic carbocycles. The van der Waals surface area contributed by atoms with Crippen molar-refractivity contribution in [2.24, 2.45) is 21.6 Å². The van der Waals surface area contributed by atoms with Crippen LogP contribution in [0.4, 0.5) is 5.69 Å². The molecule has 0 atom stereocenters. The number of hydrogen-bond donors (Lipinski definition) is 2. The van der Waals surface area contributed by atoms with Gasteiger partial charge in [0.2, 0.25) is 5.91 Å². The zero-order valence-electron chi connectivity index (χ0n) is 18.7. The molecule has 6 heteroatoms. The van der Waals surface area contributed by atoms with Crippen LogP contribution in [-0.2, 0) is 16.0 Å². The van der Waals surface area contributed by atoms with Crippen LogP contribution in [0.25, 0.3) is 0 Å². The lowest BCUT2D eigenvalue weighted by Crippen LogP contribution is -2.36. The van der Waals surface area contributed by atoms with E-state index in [2.05, 4.69) is 22.0 Å². The molecule has 2 aliphatic rings. The first kappa shape index (κ1) is 24.1. The summed E-state index contributed by atoms with van der Waals surface area (Å²) in [4.78, 5) is 12.5. The van der Waals surface area contributed by atoms with Crippen LogP contribution in [-0.4, -0.2) is 25.0 Å². The van der Waals surface area contributed by atoms with E-state index in [1.54, 1.807) is 0 Å². The molecule has 2 fully saturated rings. The van der Waals surface area contributed by atoms with Crippen molar-refractivity contribution < 1.29 is 9.53 Å². The number of nitrogens with zero attached hydrogens (tertiary/aromatic N) is 1. The maximum Gasteiger partial charge on any atom is 0.238 e. The molecule has 0 spiro atoms. The molecule has 3 N–H and O–H groups in total. The Balaban J connectivity index is 1.22. The largest absolute Gasteiger partial charge is 0.385 e. The Morgan fingerprint density at radius 3 is 2.42 bits per heavy atom. The van der Waals surface area contributed by atoms with Gasteiger partial charge in [-0.25, -0.2) is 0 Å². The number of carbonyl (C=O) groups excluding carboxylic acids is 1. The number of aryl methyl sites for hydroxylation is 1. The van der Waals surface area contributed by atoms with E-state index in [4.69, 9.17) is 22.2 Å². The van der Waals surface area contributed by atoms with E-state index in [1.807, 2.05) is 12.1 Å². The smallest absolute Gasteiger partial charge is 0.238 e. The molecule has 3 rings (SSSR count). The SMILES string of the molecule is N/C(=N\Cl)C1(C(=O)Nc2ccc(CCCCCCCOCC3CCCCC3)cc2)CC1. The van der Waals surface area contributed by atoms with Crippen LogP contribution in [0.3, 0.4) is 0 Å². The highest BCUT2D eigenvalue weighted by Crippen LogP contribution is 2.47. The fourth-order valence-corrected chi connectivity index (χ4v) is 4.64. The number of halogens is 1. The molecule has 1 amide bonds. The number of anilines is 1. The third kappa shape index (κ3) is 7.50. The summed E-state index contributed by atoms with van der Waals surface area (Å²) in [7, 11) is 0. The Labute approximate surface area is 192 Å². The molecule has 0 radical (unpaired) electrons. The minimum atomic E-state index is -0.707. The molecule has 0 unspecified atom stereocenters. The summed E-state index contributed by atoms with van der Waals surface area (Å²) in [5.41, 5.74) is 7.17. The van der Waals surface area contributed by atoms with E-state index in [9.17, 15) is 4.79 Å². The van der Waals surface area contributed by atoms with Crippen LogP contribution >= 0.6 is 11.8 Å². The van der Waals surface area contributed by atoms with E-state index < -0.39 is 5.41 Å². The topological polar surface area (TPSA) is 76.7 Å². The second kappa shape index (κ2) is 12.4. The minimum absolute atomic E-state index is 0.120. The molecular formula is C25H38ClN3O2. The summed E-state index contributed by atoms with van der Waals surface area (Å²) in [6.45, 7) is 1.90. The molecule has 5 nitrogen and oxygen atoms in total. The van der Waals surface area contributed by atoms with Gasteiger partial charge in [0.15, 0.2) is 0 Å². The van der Waals surface area contributed by atoms with Gasteiger partial charge in [-0.05, 0) is 68.6 Å². The van der Waals surface area contributed by atoms with Crippen LogP contribution in [0.2, 0.25) is 0 Å². The fourth-order valence-electron chi connectivity index (χ4n) is 4.48. The quantitative estimate of drug-likeness (QED) is 0.221. The van der Waals surface area contributed by atoms with E-state index >= 15 is 0 Å². The Morgan fingerprint density at radius 2 is 1.74 bits per heavy atom. The number of benzene rings is 1. The number of nitrogens with two attached hydrogens (primary N) is 1. The molecule has 0 saturated heterocycles. The highest BCUT2D eigenvalue weighted by atomic mass is 35.5. The van der Waals surface area contributed by atoms with E-state index in [-0.39, 0.29) is 11.7 Å². The van der Waals surface area contributed by atoms with Crippen molar-refractivity contribution >= 4 is 29.2 Å². The van der Waals surface area contributed by atoms with Crippen LogP contribution in [0.1, 0.15) is 82.6 Å². The van der Waals surface area contributed by atoms with Gasteiger partial charge in [0.05, 0.1) is 0 Å². The lowest BCUT2D eigenvalue weighted by molar-refractivity contribution is -0.119. The van der Waals surface area contributed by atoms with Gasteiger partial charge in [-0.1, -0.05) is 50.7 Å². The highest BCUT2D eigenvalue weighted by molar-refractivity contribution is 6.24. The first-order valence-electron chi connectivity index (χ1n) is 12.1. The van der Waals surface area contributed by atoms with Gasteiger partial charge in [-0.2, -0.15) is 4.51 Å². The van der Waals surface area contributed by atoms with Crippen LogP contribution in [0, 0.1) is 11.3 Å². The first-order chi connectivity index (χ1) is 15.1. The van der Waals surface area contributed by atoms with Gasteiger partial charge in [0, 0.05) is 30.7 Å². The first-order valence-corrected chi connectivity index (χ1v) is 12.4. The van der Waals surface area contributed by atoms with Crippen molar-refractivity contribution in [3.8, 4) is 0 Å². The zero-order valence-corrected chi connectivity index (χ0v) is 19.5. The summed E-state index contributed by atoms with van der Waals surface area (Å²) in [6, 6.07) is 8.10. The van der Waals surface area contributed by atoms with E-state index in [1.165, 1.54) is 69.8 Å². The minimum Gasteiger partial charge on any atom is -0.385 e. The highest BCUT2D eigenvalue weighted by Gasteiger charge is 2.53. The number of carbonyl (C=O) groups is 1. The van der Waals surface area contributed by atoms with Crippen molar-refractivity contribution in [1.29, 1.82) is 0 Å². The van der Waals surface area contributed by atoms with E-state index in [0.717, 1.165) is 31.2 Å². The lowest BCUT2D eigenvalue weighted by atomic mass is 9.90. The monoisotopic (exact) mass is 447 g/mol. The van der Waals surface area contributed by atoms with Crippen molar-refractivity contribution in [1.82, 2.24) is 0 Å². The predicted octanol–water partition coefficient (Wildman–Crippen LogP) is 6.01. The number of amidine groups is 1. The van der Waals surface area contributed by atoms with Crippen molar-refractivity contribution in [2.45, 2.75) is 83.5 Å². The molecule has 1 aromatic rings. The van der Waals surface area contributed by atoms with Crippen molar-refractivity contribution in [2.75, 3.05) is 18.5 Å². The Hall–Kier alpha value is -1.59. The van der Waals surface area contributed by atoms with Gasteiger partial charge >= 0.3 is 0 Å². The summed E-state index contributed by atoms with van der Waals surface area (Å²) in [5, 5.41) is 2.94. The Bertz CT molecular complexity index is 710. The Morgan fingerprint density at radius 1 is 1.06 bits per heavy atom. The lowest BCUT2D eigenvalue weighted by Gasteiger charge is -2.21. The maximum atomic E-state index is 12.5. The van der Waals surface area contributed by atoms with Gasteiger partial charge in [-0.3, -0.25) is 4.79 Å². The number of ether oxygens (including phenoxy) is 1. The molecular weight excluding hydrogens is 410 g/mol. The van der Waals surface area contributed by atoms with Crippen LogP contribution < -0.4 is 11.1 Å². The number of unbranched alkanes of at least 4 members (excludes halogenated alkanes) is 4. The van der Waals surface area contributed by atoms with Crippen LogP contribution in [0.15, 0.2) is 28.8 Å². The average Bonchev–Trinajstić information content (AvgIpc) is 3.61. The molecule has 31 heavy (non-hydrogen) atoms. The maximum absolute atomic E-state index is 12.5. The van der Waals surface area contributed by atoms with Gasteiger partial charge in [0.1, 0.15) is 11.3 Å². The average molecular weight is 448 g/mol. The number of hydrogen-bond acceptors (Lipinski definition) is 3. The van der Waals surface area contributed by atoms with E-state index in [0.29, 0.717) is 12.8 Å². The number of nitrogens with one attached hydrogen (secondary N) is 1. The van der Waals surface area contributed by atoms with Gasteiger partial charge in [0.25, 0.3) is 0 Å². The standard InChI is InChI=1S/C25H38ClN3O2/c26-29-23(27)25(16-17-25)24(30)28-22-14-12-20(13-15-22)9-5-2-1-3-8-18-31-19-21-10-6-4-7-11-21/h12-15,21H,1-11,16-19H2,(H2,27,29)(H,28,30). The second-order valence-corrected chi connectivity index (χ2v) is 9.47. The predicted molar refractivity (Wildman–Crippen MR) is 128 cm³/mol. The third-order valence-corrected chi connectivity index (χ3v) is 6.99. The molecule has 172 valence electrons. The third-order valence-electron chi connectivity index (χ3n) is 6.81. The van der Waals surface area contributed by atoms with Gasteiger partial charge < -0.3 is 15.8 Å². The summed E-state index contributed by atoms with van der Waals surface area (Å²) < 4.78 is 9.37. The van der Waals surface area contributed by atoms with Crippen molar-refractivity contribution in [3.05, 3.63) is 29.8 Å². The molecule has 0 heterocycles. The molecule has 0 aromatic heterocycles. The van der Waals surface area contributed by atoms with Crippen LogP contribution in [0.5, 0.6) is 0 Å². The second-order valence-electron chi connectivity index (χ2n) is 9.30. The number of rotatable bonds is 13. The fraction of sp³-hybridized carbons (Fsp3) is 0.680. The summed E-state index contributed by atoms with van der Waals surface area (Å²) in [5.74, 6) is 0.907. The molecule has 2 aliphatic carbocycles.